The number of H-pyrrole nitrogens is 1. The van der Waals surface area contributed by atoms with Gasteiger partial charge in [-0.25, -0.2) is 0 Å². The van der Waals surface area contributed by atoms with Crippen LogP contribution in [0.2, 0.25) is 0 Å². The van der Waals surface area contributed by atoms with Crippen molar-refractivity contribution in [2.45, 2.75) is 0 Å². The number of allylic oxidation sites excluding steroid dienone is 1. The zero-order valence-corrected chi connectivity index (χ0v) is 13.7. The number of tetrazole rings is 1. The molecule has 2 N–H and O–H groups in total. The summed E-state index contributed by atoms with van der Waals surface area (Å²) in [5.74, 6) is -0.283. The van der Waals surface area contributed by atoms with Crippen LogP contribution in [0, 0.1) is 21.4 Å². The van der Waals surface area contributed by atoms with Gasteiger partial charge in [-0.05, 0) is 17.3 Å². The molecule has 3 aromatic rings. The second kappa shape index (κ2) is 7.66. The zero-order chi connectivity index (χ0) is 19.2. The molecule has 0 fully saturated rings. The summed E-state index contributed by atoms with van der Waals surface area (Å²) in [6.07, 6.45) is 1.23. The van der Waals surface area contributed by atoms with Crippen LogP contribution in [-0.2, 0) is 0 Å². The van der Waals surface area contributed by atoms with Crippen molar-refractivity contribution in [3.8, 4) is 6.07 Å². The SMILES string of the molecule is N#CC(=CNc1ccc(C(=O)c2ccccc2)cc1[N+](=O)[O-])c1nn[nH]n1. The highest BCUT2D eigenvalue weighted by molar-refractivity contribution is 6.09. The van der Waals surface area contributed by atoms with Gasteiger partial charge in [-0.2, -0.15) is 10.5 Å². The predicted molar refractivity (Wildman–Crippen MR) is 94.4 cm³/mol. The second-order valence-corrected chi connectivity index (χ2v) is 5.23. The number of nitriles is 1. The van der Waals surface area contributed by atoms with Gasteiger partial charge in [0.15, 0.2) is 5.78 Å². The molecule has 0 aliphatic heterocycles. The zero-order valence-electron chi connectivity index (χ0n) is 13.7. The molecule has 1 aromatic heterocycles. The number of ketones is 1. The third kappa shape index (κ3) is 3.83. The topological polar surface area (TPSA) is 150 Å². The van der Waals surface area contributed by atoms with Crippen LogP contribution in [-0.4, -0.2) is 31.3 Å². The Balaban J connectivity index is 1.92. The van der Waals surface area contributed by atoms with E-state index in [9.17, 15) is 14.9 Å². The average molecular weight is 361 g/mol. The number of aromatic amines is 1. The lowest BCUT2D eigenvalue weighted by atomic mass is 10.0. The van der Waals surface area contributed by atoms with Crippen LogP contribution >= 0.6 is 0 Å². The number of nitrogens with zero attached hydrogens (tertiary/aromatic N) is 5. The molecule has 0 bridgehead atoms. The number of carbonyl (C=O) groups is 1. The monoisotopic (exact) mass is 361 g/mol. The van der Waals surface area contributed by atoms with Crippen LogP contribution in [0.3, 0.4) is 0 Å². The van der Waals surface area contributed by atoms with E-state index in [4.69, 9.17) is 5.26 Å². The molecule has 0 spiro atoms. The highest BCUT2D eigenvalue weighted by atomic mass is 16.6. The molecule has 0 aliphatic carbocycles. The standard InChI is InChI=1S/C17H11N7O3/c18-9-13(17-20-22-23-21-17)10-19-14-7-6-12(8-15(14)24(26)27)16(25)11-4-2-1-3-5-11/h1-8,10,19H,(H,20,21,22,23). The van der Waals surface area contributed by atoms with Gasteiger partial charge in [0.05, 0.1) is 4.92 Å². The van der Waals surface area contributed by atoms with Gasteiger partial charge < -0.3 is 5.32 Å². The fourth-order valence-corrected chi connectivity index (χ4v) is 2.27. The molecule has 27 heavy (non-hydrogen) atoms. The smallest absolute Gasteiger partial charge is 0.293 e. The van der Waals surface area contributed by atoms with Crippen molar-refractivity contribution >= 4 is 22.7 Å². The maximum atomic E-state index is 12.5. The molecule has 10 heteroatoms. The van der Waals surface area contributed by atoms with E-state index in [0.29, 0.717) is 5.56 Å². The van der Waals surface area contributed by atoms with Crippen LogP contribution < -0.4 is 5.32 Å². The molecule has 0 unspecified atom stereocenters. The number of nitrogens with one attached hydrogen (secondary N) is 2. The molecule has 10 nitrogen and oxygen atoms in total. The molecule has 0 radical (unpaired) electrons. The predicted octanol–water partition coefficient (Wildman–Crippen LogP) is 2.32. The molecule has 0 amide bonds. The second-order valence-electron chi connectivity index (χ2n) is 5.23. The lowest BCUT2D eigenvalue weighted by Gasteiger charge is -2.06. The van der Waals surface area contributed by atoms with Gasteiger partial charge in [0, 0.05) is 23.4 Å². The molecular formula is C17H11N7O3. The quantitative estimate of drug-likeness (QED) is 0.294. The van der Waals surface area contributed by atoms with E-state index in [1.807, 2.05) is 6.07 Å². The van der Waals surface area contributed by atoms with Gasteiger partial charge in [-0.1, -0.05) is 30.3 Å². The number of carbonyl (C=O) groups excluding carboxylic acids is 1. The van der Waals surface area contributed by atoms with Gasteiger partial charge >= 0.3 is 0 Å². The minimum Gasteiger partial charge on any atom is -0.355 e. The van der Waals surface area contributed by atoms with E-state index in [2.05, 4.69) is 25.9 Å². The Bertz CT molecular complexity index is 1050. The van der Waals surface area contributed by atoms with Crippen LogP contribution in [0.1, 0.15) is 21.7 Å². The Kier molecular flexibility index (Phi) is 4.95. The van der Waals surface area contributed by atoms with Crippen molar-refractivity contribution in [1.29, 1.82) is 5.26 Å². The van der Waals surface area contributed by atoms with E-state index < -0.39 is 4.92 Å². The average Bonchev–Trinajstić information content (AvgIpc) is 3.23. The van der Waals surface area contributed by atoms with Crippen molar-refractivity contribution in [2.24, 2.45) is 0 Å². The molecular weight excluding hydrogens is 350 g/mol. The van der Waals surface area contributed by atoms with Crippen molar-refractivity contribution in [3.63, 3.8) is 0 Å². The van der Waals surface area contributed by atoms with Gasteiger partial charge in [0.2, 0.25) is 5.82 Å². The summed E-state index contributed by atoms with van der Waals surface area (Å²) < 4.78 is 0. The fraction of sp³-hybridized carbons (Fsp3) is 0. The van der Waals surface area contributed by atoms with Gasteiger partial charge in [0.25, 0.3) is 5.69 Å². The Hall–Kier alpha value is -4.39. The Morgan fingerprint density at radius 2 is 2.00 bits per heavy atom. The first-order valence-electron chi connectivity index (χ1n) is 7.59. The first-order valence-corrected chi connectivity index (χ1v) is 7.59. The highest BCUT2D eigenvalue weighted by Crippen LogP contribution is 2.27. The van der Waals surface area contributed by atoms with Crippen molar-refractivity contribution in [3.05, 3.63) is 81.8 Å². The van der Waals surface area contributed by atoms with Crippen molar-refractivity contribution < 1.29 is 9.72 Å². The normalized spacial score (nSPS) is 10.9. The number of anilines is 1. The van der Waals surface area contributed by atoms with Crippen LogP contribution in [0.5, 0.6) is 0 Å². The summed E-state index contributed by atoms with van der Waals surface area (Å²) in [7, 11) is 0. The Morgan fingerprint density at radius 3 is 2.63 bits per heavy atom. The van der Waals surface area contributed by atoms with E-state index >= 15 is 0 Å². The summed E-state index contributed by atoms with van der Waals surface area (Å²) >= 11 is 0. The number of nitro benzene ring substituents is 1. The third-order valence-corrected chi connectivity index (χ3v) is 3.57. The first kappa shape index (κ1) is 17.4. The van der Waals surface area contributed by atoms with Gasteiger partial charge in [0.1, 0.15) is 17.3 Å². The molecule has 0 aliphatic rings. The molecule has 0 saturated carbocycles. The minimum absolute atomic E-state index is 0.0301. The summed E-state index contributed by atoms with van der Waals surface area (Å²) in [6.45, 7) is 0. The van der Waals surface area contributed by atoms with E-state index in [0.717, 1.165) is 0 Å². The molecule has 1 heterocycles. The van der Waals surface area contributed by atoms with Gasteiger partial charge in [-0.3, -0.25) is 14.9 Å². The summed E-state index contributed by atoms with van der Waals surface area (Å²) in [5.41, 5.74) is 0.444. The summed E-state index contributed by atoms with van der Waals surface area (Å²) in [5, 5.41) is 36.1. The minimum atomic E-state index is -0.613. The van der Waals surface area contributed by atoms with Crippen LogP contribution in [0.15, 0.2) is 54.7 Å². The van der Waals surface area contributed by atoms with Crippen LogP contribution in [0.4, 0.5) is 11.4 Å². The number of nitro groups is 1. The molecule has 2 aromatic carbocycles. The molecule has 0 saturated heterocycles. The molecule has 3 rings (SSSR count). The maximum Gasteiger partial charge on any atom is 0.293 e. The largest absolute Gasteiger partial charge is 0.355 e. The van der Waals surface area contributed by atoms with Gasteiger partial charge in [-0.15, -0.1) is 10.2 Å². The molecule has 0 atom stereocenters. The lowest BCUT2D eigenvalue weighted by Crippen LogP contribution is -2.04. The Labute approximate surface area is 152 Å². The van der Waals surface area contributed by atoms with E-state index in [-0.39, 0.29) is 34.1 Å². The Morgan fingerprint density at radius 1 is 1.22 bits per heavy atom. The fourth-order valence-electron chi connectivity index (χ4n) is 2.27. The number of rotatable bonds is 6. The summed E-state index contributed by atoms with van der Waals surface area (Å²) in [6, 6.07) is 14.4. The summed E-state index contributed by atoms with van der Waals surface area (Å²) in [4.78, 5) is 23.3. The first-order chi connectivity index (χ1) is 13.1. The van der Waals surface area contributed by atoms with E-state index in [1.54, 1.807) is 30.3 Å². The number of hydrogen-bond donors (Lipinski definition) is 2. The number of aromatic nitrogens is 4. The number of benzene rings is 2. The van der Waals surface area contributed by atoms with Crippen LogP contribution in [0.25, 0.3) is 5.57 Å². The third-order valence-electron chi connectivity index (χ3n) is 3.57. The maximum absolute atomic E-state index is 12.5. The van der Waals surface area contributed by atoms with Crippen molar-refractivity contribution in [1.82, 2.24) is 20.6 Å². The lowest BCUT2D eigenvalue weighted by molar-refractivity contribution is -0.383. The molecule has 132 valence electrons. The van der Waals surface area contributed by atoms with Crippen molar-refractivity contribution in [2.75, 3.05) is 5.32 Å². The van der Waals surface area contributed by atoms with E-state index in [1.165, 1.54) is 24.4 Å². The number of hydrogen-bond acceptors (Lipinski definition) is 8. The highest BCUT2D eigenvalue weighted by Gasteiger charge is 2.18.